The Morgan fingerprint density at radius 2 is 2.26 bits per heavy atom. The molecule has 1 aromatic rings. The van der Waals surface area contributed by atoms with Crippen LogP contribution in [0.1, 0.15) is 37.6 Å². The average Bonchev–Trinajstić information content (AvgIpc) is 2.39. The predicted molar refractivity (Wildman–Crippen MR) is 74.2 cm³/mol. The third-order valence-electron chi connectivity index (χ3n) is 3.93. The van der Waals surface area contributed by atoms with Crippen molar-refractivity contribution in [2.45, 2.75) is 39.3 Å². The summed E-state index contributed by atoms with van der Waals surface area (Å²) in [6.07, 6.45) is 0.467. The maximum Gasteiger partial charge on any atom is 0.338 e. The van der Waals surface area contributed by atoms with E-state index in [1.807, 2.05) is 26.0 Å². The summed E-state index contributed by atoms with van der Waals surface area (Å²) in [5.41, 5.74) is 1.29. The molecule has 0 heterocycles. The monoisotopic (exact) mass is 263 g/mol. The first-order valence-electron chi connectivity index (χ1n) is 6.67. The van der Waals surface area contributed by atoms with Gasteiger partial charge in [0.15, 0.2) is 0 Å². The lowest BCUT2D eigenvalue weighted by Gasteiger charge is -2.49. The van der Waals surface area contributed by atoms with Crippen LogP contribution in [-0.4, -0.2) is 29.8 Å². The Balaban J connectivity index is 2.06. The van der Waals surface area contributed by atoms with E-state index >= 15 is 0 Å². The highest BCUT2D eigenvalue weighted by molar-refractivity contribution is 5.90. The molecular weight excluding hydrogens is 242 g/mol. The standard InChI is InChI=1S/C15H21NO3/c1-4-19-14(18)10-6-5-7-11(8-10)16-12-9-13(17)15(12,2)3/h5-8,12-13,16-17H,4,9H2,1-3H3. The molecule has 2 rings (SSSR count). The molecule has 19 heavy (non-hydrogen) atoms. The quantitative estimate of drug-likeness (QED) is 0.819. The van der Waals surface area contributed by atoms with Crippen molar-refractivity contribution in [1.29, 1.82) is 0 Å². The van der Waals surface area contributed by atoms with Crippen LogP contribution >= 0.6 is 0 Å². The molecule has 0 bridgehead atoms. The van der Waals surface area contributed by atoms with Crippen molar-refractivity contribution in [3.8, 4) is 0 Å². The van der Waals surface area contributed by atoms with Crippen LogP contribution in [0.3, 0.4) is 0 Å². The molecule has 0 radical (unpaired) electrons. The van der Waals surface area contributed by atoms with Crippen molar-refractivity contribution >= 4 is 11.7 Å². The summed E-state index contributed by atoms with van der Waals surface area (Å²) in [5.74, 6) is -0.306. The Kier molecular flexibility index (Phi) is 3.80. The average molecular weight is 263 g/mol. The number of aliphatic hydroxyl groups is 1. The maximum absolute atomic E-state index is 11.7. The van der Waals surface area contributed by atoms with E-state index < -0.39 is 0 Å². The molecule has 0 aromatic heterocycles. The molecule has 1 aromatic carbocycles. The fourth-order valence-electron chi connectivity index (χ4n) is 2.30. The van der Waals surface area contributed by atoms with Crippen LogP contribution in [0.4, 0.5) is 5.69 Å². The van der Waals surface area contributed by atoms with Crippen molar-refractivity contribution in [2.75, 3.05) is 11.9 Å². The van der Waals surface area contributed by atoms with Gasteiger partial charge < -0.3 is 15.2 Å². The van der Waals surface area contributed by atoms with Gasteiger partial charge in [0.05, 0.1) is 18.3 Å². The zero-order chi connectivity index (χ0) is 14.0. The van der Waals surface area contributed by atoms with Crippen molar-refractivity contribution < 1.29 is 14.6 Å². The smallest absolute Gasteiger partial charge is 0.338 e. The van der Waals surface area contributed by atoms with E-state index in [0.29, 0.717) is 12.2 Å². The first-order valence-corrected chi connectivity index (χ1v) is 6.67. The second-order valence-electron chi connectivity index (χ2n) is 5.57. The first kappa shape index (κ1) is 13.9. The Bertz CT molecular complexity index is 470. The van der Waals surface area contributed by atoms with Crippen LogP contribution < -0.4 is 5.32 Å². The summed E-state index contributed by atoms with van der Waals surface area (Å²) >= 11 is 0. The number of anilines is 1. The molecule has 1 saturated carbocycles. The molecule has 2 N–H and O–H groups in total. The fraction of sp³-hybridized carbons (Fsp3) is 0.533. The molecule has 1 aliphatic rings. The second kappa shape index (κ2) is 5.21. The number of hydrogen-bond acceptors (Lipinski definition) is 4. The van der Waals surface area contributed by atoms with Gasteiger partial charge in [-0.15, -0.1) is 0 Å². The topological polar surface area (TPSA) is 58.6 Å². The highest BCUT2D eigenvalue weighted by Gasteiger charge is 2.47. The molecule has 4 heteroatoms. The van der Waals surface area contributed by atoms with E-state index in [0.717, 1.165) is 12.1 Å². The van der Waals surface area contributed by atoms with Gasteiger partial charge in [0.25, 0.3) is 0 Å². The number of carbonyl (C=O) groups is 1. The summed E-state index contributed by atoms with van der Waals surface area (Å²) in [4.78, 5) is 11.7. The number of ether oxygens (including phenoxy) is 1. The Morgan fingerprint density at radius 1 is 1.53 bits per heavy atom. The zero-order valence-electron chi connectivity index (χ0n) is 11.6. The highest BCUT2D eigenvalue weighted by Crippen LogP contribution is 2.42. The van der Waals surface area contributed by atoms with Crippen molar-refractivity contribution in [3.63, 3.8) is 0 Å². The lowest BCUT2D eigenvalue weighted by molar-refractivity contribution is -0.0510. The van der Waals surface area contributed by atoms with Crippen molar-refractivity contribution in [2.24, 2.45) is 5.41 Å². The summed E-state index contributed by atoms with van der Waals surface area (Å²) in [6, 6.07) is 7.50. The molecule has 2 unspecified atom stereocenters. The van der Waals surface area contributed by atoms with Gasteiger partial charge in [-0.05, 0) is 31.5 Å². The molecule has 0 saturated heterocycles. The third kappa shape index (κ3) is 2.73. The van der Waals surface area contributed by atoms with Gasteiger partial charge in [-0.3, -0.25) is 0 Å². The van der Waals surface area contributed by atoms with E-state index in [1.165, 1.54) is 0 Å². The van der Waals surface area contributed by atoms with Crippen LogP contribution in [0.15, 0.2) is 24.3 Å². The molecule has 1 fully saturated rings. The summed E-state index contributed by atoms with van der Waals surface area (Å²) in [5, 5.41) is 13.1. The highest BCUT2D eigenvalue weighted by atomic mass is 16.5. The SMILES string of the molecule is CCOC(=O)c1cccc(NC2CC(O)C2(C)C)c1. The molecule has 0 amide bonds. The van der Waals surface area contributed by atoms with Gasteiger partial charge in [-0.25, -0.2) is 4.79 Å². The Morgan fingerprint density at radius 3 is 2.84 bits per heavy atom. The van der Waals surface area contributed by atoms with Gasteiger partial charge in [-0.1, -0.05) is 19.9 Å². The largest absolute Gasteiger partial charge is 0.462 e. The number of aliphatic hydroxyl groups excluding tert-OH is 1. The van der Waals surface area contributed by atoms with Crippen LogP contribution in [-0.2, 0) is 4.74 Å². The van der Waals surface area contributed by atoms with E-state index in [9.17, 15) is 9.90 Å². The second-order valence-corrected chi connectivity index (χ2v) is 5.57. The molecule has 0 aliphatic heterocycles. The maximum atomic E-state index is 11.7. The lowest BCUT2D eigenvalue weighted by atomic mass is 9.64. The van der Waals surface area contributed by atoms with Crippen LogP contribution in [0, 0.1) is 5.41 Å². The third-order valence-corrected chi connectivity index (χ3v) is 3.93. The normalized spacial score (nSPS) is 24.4. The minimum absolute atomic E-state index is 0.139. The Hall–Kier alpha value is -1.55. The minimum atomic E-state index is -0.306. The van der Waals surface area contributed by atoms with Crippen molar-refractivity contribution in [3.05, 3.63) is 29.8 Å². The molecule has 2 atom stereocenters. The van der Waals surface area contributed by atoms with Crippen LogP contribution in [0.2, 0.25) is 0 Å². The van der Waals surface area contributed by atoms with Gasteiger partial charge in [-0.2, -0.15) is 0 Å². The number of nitrogens with one attached hydrogen (secondary N) is 1. The number of benzene rings is 1. The minimum Gasteiger partial charge on any atom is -0.462 e. The van der Waals surface area contributed by atoms with Crippen LogP contribution in [0.5, 0.6) is 0 Å². The summed E-state index contributed by atoms with van der Waals surface area (Å²) in [7, 11) is 0. The van der Waals surface area contributed by atoms with Gasteiger partial charge in [0.1, 0.15) is 0 Å². The van der Waals surface area contributed by atoms with E-state index in [2.05, 4.69) is 5.32 Å². The molecule has 104 valence electrons. The molecule has 0 spiro atoms. The Labute approximate surface area is 113 Å². The molecular formula is C15H21NO3. The number of rotatable bonds is 4. The van der Waals surface area contributed by atoms with Crippen molar-refractivity contribution in [1.82, 2.24) is 0 Å². The number of carbonyl (C=O) groups excluding carboxylic acids is 1. The van der Waals surface area contributed by atoms with E-state index in [-0.39, 0.29) is 23.5 Å². The van der Waals surface area contributed by atoms with Gasteiger partial charge >= 0.3 is 5.97 Å². The molecule has 4 nitrogen and oxygen atoms in total. The van der Waals surface area contributed by atoms with E-state index in [1.54, 1.807) is 19.1 Å². The van der Waals surface area contributed by atoms with Gasteiger partial charge in [0.2, 0.25) is 0 Å². The fourth-order valence-corrected chi connectivity index (χ4v) is 2.30. The van der Waals surface area contributed by atoms with Crippen LogP contribution in [0.25, 0.3) is 0 Å². The lowest BCUT2D eigenvalue weighted by Crippen LogP contribution is -2.56. The number of hydrogen-bond donors (Lipinski definition) is 2. The first-order chi connectivity index (χ1) is 8.95. The van der Waals surface area contributed by atoms with E-state index in [4.69, 9.17) is 4.74 Å². The summed E-state index contributed by atoms with van der Waals surface area (Å²) < 4.78 is 4.98. The predicted octanol–water partition coefficient (Wildman–Crippen LogP) is 2.43. The number of esters is 1. The molecule has 1 aliphatic carbocycles. The van der Waals surface area contributed by atoms with Gasteiger partial charge in [0, 0.05) is 17.1 Å². The summed E-state index contributed by atoms with van der Waals surface area (Å²) in [6.45, 7) is 6.23. The zero-order valence-corrected chi connectivity index (χ0v) is 11.6.